The van der Waals surface area contributed by atoms with Crippen LogP contribution in [0.1, 0.15) is 18.4 Å². The lowest BCUT2D eigenvalue weighted by molar-refractivity contribution is 0.188. The summed E-state index contributed by atoms with van der Waals surface area (Å²) < 4.78 is 0.906. The minimum atomic E-state index is 0.650. The average Bonchev–Trinajstić information content (AvgIpc) is 2.32. The van der Waals surface area contributed by atoms with Gasteiger partial charge in [0.15, 0.2) is 0 Å². The summed E-state index contributed by atoms with van der Waals surface area (Å²) in [5.74, 6) is 0. The minimum Gasteiger partial charge on any atom is -0.316 e. The predicted molar refractivity (Wildman–Crippen MR) is 69.3 cm³/mol. The van der Waals surface area contributed by atoms with Gasteiger partial charge in [0.25, 0.3) is 0 Å². The second-order valence-corrected chi connectivity index (χ2v) is 5.16. The van der Waals surface area contributed by atoms with Gasteiger partial charge in [0.2, 0.25) is 0 Å². The maximum absolute atomic E-state index is 4.26. The van der Waals surface area contributed by atoms with Gasteiger partial charge in [-0.15, -0.1) is 0 Å². The highest BCUT2D eigenvalue weighted by Crippen LogP contribution is 2.14. The maximum Gasteiger partial charge on any atom is 0.106 e. The number of nitrogens with one attached hydrogen (secondary N) is 1. The summed E-state index contributed by atoms with van der Waals surface area (Å²) >= 11 is 3.36. The summed E-state index contributed by atoms with van der Waals surface area (Å²) in [5, 5.41) is 3.36. The maximum atomic E-state index is 4.26. The zero-order valence-electron chi connectivity index (χ0n) is 9.62. The standard InChI is InChI=1S/C12H18BrN3/c1-14-11-3-2-6-16(9-11)8-10-4-5-12(13)15-7-10/h4-5,7,11,14H,2-3,6,8-9H2,1H3/t11-/m0/s1. The SMILES string of the molecule is CN[C@H]1CCCN(Cc2ccc(Br)nc2)C1. The molecule has 1 aromatic heterocycles. The Morgan fingerprint density at radius 1 is 1.56 bits per heavy atom. The summed E-state index contributed by atoms with van der Waals surface area (Å²) in [7, 11) is 2.05. The van der Waals surface area contributed by atoms with Crippen LogP contribution in [0, 0.1) is 0 Å². The number of hydrogen-bond acceptors (Lipinski definition) is 3. The van der Waals surface area contributed by atoms with Crippen molar-refractivity contribution in [1.29, 1.82) is 0 Å². The van der Waals surface area contributed by atoms with Gasteiger partial charge >= 0.3 is 0 Å². The topological polar surface area (TPSA) is 28.2 Å². The number of hydrogen-bond donors (Lipinski definition) is 1. The Morgan fingerprint density at radius 2 is 2.44 bits per heavy atom. The number of pyridine rings is 1. The van der Waals surface area contributed by atoms with E-state index < -0.39 is 0 Å². The largest absolute Gasteiger partial charge is 0.316 e. The van der Waals surface area contributed by atoms with Gasteiger partial charge in [0.1, 0.15) is 4.60 Å². The van der Waals surface area contributed by atoms with E-state index >= 15 is 0 Å². The van der Waals surface area contributed by atoms with Gasteiger partial charge in [-0.1, -0.05) is 6.07 Å². The normalized spacial score (nSPS) is 22.2. The monoisotopic (exact) mass is 283 g/mol. The average molecular weight is 284 g/mol. The molecule has 1 aromatic rings. The second-order valence-electron chi connectivity index (χ2n) is 4.35. The van der Waals surface area contributed by atoms with Crippen molar-refractivity contribution in [2.24, 2.45) is 0 Å². The number of halogens is 1. The fourth-order valence-electron chi connectivity index (χ4n) is 2.19. The Morgan fingerprint density at radius 3 is 3.12 bits per heavy atom. The van der Waals surface area contributed by atoms with E-state index in [2.05, 4.69) is 44.2 Å². The third kappa shape index (κ3) is 3.27. The molecule has 1 aliphatic rings. The number of piperidine rings is 1. The van der Waals surface area contributed by atoms with Gasteiger partial charge in [-0.05, 0) is 54.0 Å². The summed E-state index contributed by atoms with van der Waals surface area (Å²) in [6, 6.07) is 4.80. The third-order valence-corrected chi connectivity index (χ3v) is 3.58. The van der Waals surface area contributed by atoms with E-state index in [9.17, 15) is 0 Å². The van der Waals surface area contributed by atoms with Crippen LogP contribution < -0.4 is 5.32 Å². The molecular weight excluding hydrogens is 266 g/mol. The fraction of sp³-hybridized carbons (Fsp3) is 0.583. The predicted octanol–water partition coefficient (Wildman–Crippen LogP) is 2.03. The van der Waals surface area contributed by atoms with Crippen LogP contribution in [0.5, 0.6) is 0 Å². The van der Waals surface area contributed by atoms with Crippen LogP contribution in [0.2, 0.25) is 0 Å². The van der Waals surface area contributed by atoms with Crippen LogP contribution in [-0.4, -0.2) is 36.1 Å². The van der Waals surface area contributed by atoms with Crippen LogP contribution in [0.3, 0.4) is 0 Å². The van der Waals surface area contributed by atoms with E-state index in [1.165, 1.54) is 24.9 Å². The lowest BCUT2D eigenvalue weighted by Crippen LogP contribution is -2.43. The van der Waals surface area contributed by atoms with Gasteiger partial charge in [0.05, 0.1) is 0 Å². The van der Waals surface area contributed by atoms with E-state index in [0.29, 0.717) is 6.04 Å². The Kier molecular flexibility index (Phi) is 4.32. The molecule has 16 heavy (non-hydrogen) atoms. The van der Waals surface area contributed by atoms with Crippen molar-refractivity contribution in [2.45, 2.75) is 25.4 Å². The van der Waals surface area contributed by atoms with Crippen molar-refractivity contribution < 1.29 is 0 Å². The van der Waals surface area contributed by atoms with Gasteiger partial charge in [0, 0.05) is 25.3 Å². The molecule has 0 spiro atoms. The van der Waals surface area contributed by atoms with E-state index in [4.69, 9.17) is 0 Å². The quantitative estimate of drug-likeness (QED) is 0.861. The van der Waals surface area contributed by atoms with Gasteiger partial charge < -0.3 is 5.32 Å². The number of likely N-dealkylation sites (tertiary alicyclic amines) is 1. The highest BCUT2D eigenvalue weighted by atomic mass is 79.9. The number of aromatic nitrogens is 1. The smallest absolute Gasteiger partial charge is 0.106 e. The van der Waals surface area contributed by atoms with Crippen LogP contribution in [0.15, 0.2) is 22.9 Å². The molecule has 3 nitrogen and oxygen atoms in total. The first-order valence-corrected chi connectivity index (χ1v) is 6.57. The van der Waals surface area contributed by atoms with Crippen LogP contribution in [0.4, 0.5) is 0 Å². The van der Waals surface area contributed by atoms with E-state index in [1.807, 2.05) is 12.3 Å². The van der Waals surface area contributed by atoms with Crippen LogP contribution in [-0.2, 0) is 6.54 Å². The lowest BCUT2D eigenvalue weighted by atomic mass is 10.1. The molecule has 0 aliphatic carbocycles. The summed E-state index contributed by atoms with van der Waals surface area (Å²) in [6.45, 7) is 3.36. The molecule has 4 heteroatoms. The lowest BCUT2D eigenvalue weighted by Gasteiger charge is -2.32. The molecule has 0 amide bonds. The Bertz CT molecular complexity index is 326. The Balaban J connectivity index is 1.91. The zero-order chi connectivity index (χ0) is 11.4. The molecule has 0 aromatic carbocycles. The fourth-order valence-corrected chi connectivity index (χ4v) is 2.43. The Labute approximate surface area is 105 Å². The van der Waals surface area contributed by atoms with Gasteiger partial charge in [-0.25, -0.2) is 4.98 Å². The van der Waals surface area contributed by atoms with Crippen molar-refractivity contribution in [3.8, 4) is 0 Å². The highest BCUT2D eigenvalue weighted by Gasteiger charge is 2.18. The van der Waals surface area contributed by atoms with Crippen LogP contribution in [0.25, 0.3) is 0 Å². The molecule has 2 heterocycles. The highest BCUT2D eigenvalue weighted by molar-refractivity contribution is 9.10. The first-order valence-electron chi connectivity index (χ1n) is 5.78. The molecule has 0 unspecified atom stereocenters. The number of likely N-dealkylation sites (N-methyl/N-ethyl adjacent to an activating group) is 1. The molecule has 1 aliphatic heterocycles. The number of rotatable bonds is 3. The molecule has 0 bridgehead atoms. The third-order valence-electron chi connectivity index (χ3n) is 3.11. The van der Waals surface area contributed by atoms with E-state index in [0.717, 1.165) is 17.7 Å². The summed E-state index contributed by atoms with van der Waals surface area (Å²) in [4.78, 5) is 6.75. The van der Waals surface area contributed by atoms with Gasteiger partial charge in [-0.2, -0.15) is 0 Å². The molecule has 0 saturated carbocycles. The first-order chi connectivity index (χ1) is 7.78. The van der Waals surface area contributed by atoms with Crippen molar-refractivity contribution in [3.05, 3.63) is 28.5 Å². The zero-order valence-corrected chi connectivity index (χ0v) is 11.2. The number of nitrogens with zero attached hydrogens (tertiary/aromatic N) is 2. The summed E-state index contributed by atoms with van der Waals surface area (Å²) in [5.41, 5.74) is 1.29. The Hall–Kier alpha value is -0.450. The molecule has 0 radical (unpaired) electrons. The summed E-state index contributed by atoms with van der Waals surface area (Å²) in [6.07, 6.45) is 4.54. The van der Waals surface area contributed by atoms with Crippen molar-refractivity contribution in [3.63, 3.8) is 0 Å². The molecular formula is C12H18BrN3. The van der Waals surface area contributed by atoms with Crippen molar-refractivity contribution in [1.82, 2.24) is 15.2 Å². The molecule has 1 atom stereocenters. The van der Waals surface area contributed by atoms with Gasteiger partial charge in [-0.3, -0.25) is 4.90 Å². The molecule has 1 N–H and O–H groups in total. The van der Waals surface area contributed by atoms with Crippen LogP contribution >= 0.6 is 15.9 Å². The molecule has 1 saturated heterocycles. The van der Waals surface area contributed by atoms with E-state index in [1.54, 1.807) is 0 Å². The molecule has 2 rings (SSSR count). The first kappa shape index (κ1) is 12.0. The van der Waals surface area contributed by atoms with E-state index in [-0.39, 0.29) is 0 Å². The molecule has 88 valence electrons. The molecule has 1 fully saturated rings. The van der Waals surface area contributed by atoms with Crippen molar-refractivity contribution >= 4 is 15.9 Å². The van der Waals surface area contributed by atoms with Crippen molar-refractivity contribution in [2.75, 3.05) is 20.1 Å². The minimum absolute atomic E-state index is 0.650. The second kappa shape index (κ2) is 5.75.